The Morgan fingerprint density at radius 3 is 2.69 bits per heavy atom. The second kappa shape index (κ2) is 9.86. The molecule has 1 amide bonds. The molecule has 1 aliphatic rings. The molecule has 0 radical (unpaired) electrons. The smallest absolute Gasteiger partial charge is 0.341 e. The highest BCUT2D eigenvalue weighted by Crippen LogP contribution is 2.40. The number of anilines is 1. The Morgan fingerprint density at radius 1 is 1.11 bits per heavy atom. The van der Waals surface area contributed by atoms with Gasteiger partial charge in [-0.15, -0.1) is 11.3 Å². The fourth-order valence-corrected chi connectivity index (χ4v) is 6.21. The maximum atomic E-state index is 13.8. The Kier molecular flexibility index (Phi) is 6.63. The van der Waals surface area contributed by atoms with E-state index >= 15 is 0 Å². The number of fused-ring (bicyclic) bond motifs is 2. The van der Waals surface area contributed by atoms with Crippen molar-refractivity contribution in [3.63, 3.8) is 0 Å². The Hall–Kier alpha value is -3.51. The molecule has 4 aromatic rings. The zero-order chi connectivity index (χ0) is 25.4. The number of ether oxygens (including phenoxy) is 1. The zero-order valence-electron chi connectivity index (χ0n) is 21.1. The van der Waals surface area contributed by atoms with Crippen molar-refractivity contribution in [3.05, 3.63) is 81.7 Å². The van der Waals surface area contributed by atoms with E-state index in [4.69, 9.17) is 9.72 Å². The first-order chi connectivity index (χ1) is 17.3. The van der Waals surface area contributed by atoms with Gasteiger partial charge in [0.15, 0.2) is 0 Å². The minimum atomic E-state index is -0.368. The van der Waals surface area contributed by atoms with Gasteiger partial charge in [-0.25, -0.2) is 9.78 Å². The van der Waals surface area contributed by atoms with Crippen molar-refractivity contribution in [2.75, 3.05) is 5.32 Å². The van der Waals surface area contributed by atoms with E-state index in [-0.39, 0.29) is 18.0 Å². The quantitative estimate of drug-likeness (QED) is 0.295. The summed E-state index contributed by atoms with van der Waals surface area (Å²) in [5.41, 5.74) is 5.64. The van der Waals surface area contributed by atoms with Crippen LogP contribution in [0.3, 0.4) is 0 Å². The van der Waals surface area contributed by atoms with Crippen LogP contribution in [0.25, 0.3) is 22.2 Å². The number of aromatic nitrogens is 1. The second-order valence-electron chi connectivity index (χ2n) is 9.91. The normalized spacial score (nSPS) is 15.1. The fraction of sp³-hybridized carbons (Fsp3) is 0.300. The van der Waals surface area contributed by atoms with Crippen molar-refractivity contribution < 1.29 is 14.3 Å². The molecule has 2 heterocycles. The summed E-state index contributed by atoms with van der Waals surface area (Å²) >= 11 is 1.50. The first-order valence-corrected chi connectivity index (χ1v) is 13.3. The third-order valence-corrected chi connectivity index (χ3v) is 7.73. The van der Waals surface area contributed by atoms with Gasteiger partial charge >= 0.3 is 5.97 Å². The summed E-state index contributed by atoms with van der Waals surface area (Å²) in [6.45, 7) is 7.94. The van der Waals surface area contributed by atoms with E-state index in [1.807, 2.05) is 69.3 Å². The van der Waals surface area contributed by atoms with Gasteiger partial charge in [0.05, 0.1) is 28.4 Å². The van der Waals surface area contributed by atoms with Gasteiger partial charge in [0.1, 0.15) is 5.00 Å². The molecule has 5 rings (SSSR count). The number of hydrogen-bond donors (Lipinski definition) is 1. The predicted octanol–water partition coefficient (Wildman–Crippen LogP) is 7.21. The number of hydrogen-bond acceptors (Lipinski definition) is 5. The van der Waals surface area contributed by atoms with Crippen LogP contribution in [0.1, 0.15) is 63.9 Å². The summed E-state index contributed by atoms with van der Waals surface area (Å²) in [7, 11) is 0. The molecule has 0 saturated heterocycles. The summed E-state index contributed by atoms with van der Waals surface area (Å²) in [6, 6.07) is 17.6. The van der Waals surface area contributed by atoms with Crippen LogP contribution in [0.2, 0.25) is 0 Å². The molecule has 1 aliphatic carbocycles. The van der Waals surface area contributed by atoms with Crippen molar-refractivity contribution in [2.45, 2.75) is 53.1 Å². The molecule has 0 unspecified atom stereocenters. The van der Waals surface area contributed by atoms with Gasteiger partial charge in [-0.2, -0.15) is 0 Å². The van der Waals surface area contributed by atoms with Crippen LogP contribution in [0.4, 0.5) is 5.00 Å². The van der Waals surface area contributed by atoms with Gasteiger partial charge in [0.25, 0.3) is 5.91 Å². The van der Waals surface area contributed by atoms with E-state index in [9.17, 15) is 9.59 Å². The second-order valence-corrected chi connectivity index (χ2v) is 11.0. The van der Waals surface area contributed by atoms with Gasteiger partial charge in [0.2, 0.25) is 0 Å². The van der Waals surface area contributed by atoms with Crippen LogP contribution in [-0.4, -0.2) is 23.0 Å². The maximum Gasteiger partial charge on any atom is 0.341 e. The number of thiophene rings is 1. The fourth-order valence-electron chi connectivity index (χ4n) is 4.81. The maximum absolute atomic E-state index is 13.8. The Labute approximate surface area is 215 Å². The minimum absolute atomic E-state index is 0.236. The molecule has 0 saturated carbocycles. The summed E-state index contributed by atoms with van der Waals surface area (Å²) in [5, 5.41) is 4.43. The number of para-hydroxylation sites is 1. The monoisotopic (exact) mass is 498 g/mol. The largest absolute Gasteiger partial charge is 0.459 e. The van der Waals surface area contributed by atoms with Crippen molar-refractivity contribution in [1.82, 2.24) is 4.98 Å². The number of nitrogens with zero attached hydrogens (tertiary/aromatic N) is 1. The summed E-state index contributed by atoms with van der Waals surface area (Å²) < 4.78 is 5.58. The number of pyridine rings is 1. The van der Waals surface area contributed by atoms with Gasteiger partial charge in [0, 0.05) is 15.8 Å². The highest BCUT2D eigenvalue weighted by Gasteiger charge is 2.30. The van der Waals surface area contributed by atoms with Gasteiger partial charge < -0.3 is 10.1 Å². The molecule has 184 valence electrons. The van der Waals surface area contributed by atoms with E-state index < -0.39 is 0 Å². The molecule has 5 nitrogen and oxygen atoms in total. The van der Waals surface area contributed by atoms with E-state index in [0.717, 1.165) is 52.5 Å². The first kappa shape index (κ1) is 24.2. The van der Waals surface area contributed by atoms with Crippen molar-refractivity contribution in [3.8, 4) is 11.3 Å². The SMILES string of the molecule is Cc1cccc(-c2cc(C(=O)Nc3sc4c(c3C(=O)OC(C)C)CC[C@H](C)C4)c3ccccc3n2)c1. The van der Waals surface area contributed by atoms with Crippen LogP contribution < -0.4 is 5.32 Å². The molecule has 0 aliphatic heterocycles. The van der Waals surface area contributed by atoms with E-state index in [2.05, 4.69) is 18.3 Å². The van der Waals surface area contributed by atoms with E-state index in [0.29, 0.717) is 22.0 Å². The van der Waals surface area contributed by atoms with Gasteiger partial charge in [-0.3, -0.25) is 4.79 Å². The van der Waals surface area contributed by atoms with Crippen LogP contribution in [-0.2, 0) is 17.6 Å². The third-order valence-electron chi connectivity index (χ3n) is 6.56. The molecule has 1 N–H and O–H groups in total. The average Bonchev–Trinajstić information content (AvgIpc) is 3.19. The van der Waals surface area contributed by atoms with Crippen LogP contribution >= 0.6 is 11.3 Å². The molecular formula is C30H30N2O3S. The molecule has 0 fully saturated rings. The number of aryl methyl sites for hydroxylation is 1. The lowest BCUT2D eigenvalue weighted by molar-refractivity contribution is 0.0378. The molecule has 2 aromatic heterocycles. The highest BCUT2D eigenvalue weighted by molar-refractivity contribution is 7.17. The molecular weight excluding hydrogens is 468 g/mol. The number of amides is 1. The number of rotatable bonds is 5. The lowest BCUT2D eigenvalue weighted by atomic mass is 9.88. The Morgan fingerprint density at radius 2 is 1.92 bits per heavy atom. The molecule has 1 atom stereocenters. The zero-order valence-corrected chi connectivity index (χ0v) is 21.9. The van der Waals surface area contributed by atoms with Crippen molar-refractivity contribution >= 4 is 39.1 Å². The van der Waals surface area contributed by atoms with Gasteiger partial charge in [-0.1, -0.05) is 48.9 Å². The van der Waals surface area contributed by atoms with Gasteiger partial charge in [-0.05, 0) is 69.7 Å². The topological polar surface area (TPSA) is 68.3 Å². The third kappa shape index (κ3) is 4.78. The molecule has 0 bridgehead atoms. The van der Waals surface area contributed by atoms with Crippen LogP contribution in [0, 0.1) is 12.8 Å². The lowest BCUT2D eigenvalue weighted by Crippen LogP contribution is -2.19. The number of nitrogens with one attached hydrogen (secondary N) is 1. The molecule has 36 heavy (non-hydrogen) atoms. The summed E-state index contributed by atoms with van der Waals surface area (Å²) in [6.07, 6.45) is 2.52. The highest BCUT2D eigenvalue weighted by atomic mass is 32.1. The average molecular weight is 499 g/mol. The molecule has 6 heteroatoms. The number of carbonyl (C=O) groups excluding carboxylic acids is 2. The summed E-state index contributed by atoms with van der Waals surface area (Å²) in [4.78, 5) is 32.9. The minimum Gasteiger partial charge on any atom is -0.459 e. The van der Waals surface area contributed by atoms with Crippen molar-refractivity contribution in [2.24, 2.45) is 5.92 Å². The number of carbonyl (C=O) groups is 2. The van der Waals surface area contributed by atoms with Crippen molar-refractivity contribution in [1.29, 1.82) is 0 Å². The lowest BCUT2D eigenvalue weighted by Gasteiger charge is -2.19. The van der Waals surface area contributed by atoms with E-state index in [1.54, 1.807) is 0 Å². The summed E-state index contributed by atoms with van der Waals surface area (Å²) in [5.74, 6) is -0.0742. The first-order valence-electron chi connectivity index (χ1n) is 12.4. The Bertz CT molecular complexity index is 1470. The number of esters is 1. The van der Waals surface area contributed by atoms with Crippen LogP contribution in [0.15, 0.2) is 54.6 Å². The number of benzene rings is 2. The molecule has 2 aromatic carbocycles. The standard InChI is InChI=1S/C30H30N2O3S/c1-17(2)35-30(34)27-22-13-12-19(4)15-26(22)36-29(27)32-28(33)23-16-25(20-9-7-8-18(3)14-20)31-24-11-6-5-10-21(23)24/h5-11,14,16-17,19H,12-13,15H2,1-4H3,(H,32,33)/t19-/m0/s1. The predicted molar refractivity (Wildman–Crippen MR) is 146 cm³/mol. The Balaban J connectivity index is 1.58. The molecule has 0 spiro atoms. The van der Waals surface area contributed by atoms with E-state index in [1.165, 1.54) is 16.2 Å². The van der Waals surface area contributed by atoms with Crippen LogP contribution in [0.5, 0.6) is 0 Å².